The average Bonchev–Trinajstić information content (AvgIpc) is 2.83. The van der Waals surface area contributed by atoms with E-state index in [1.54, 1.807) is 0 Å². The van der Waals surface area contributed by atoms with Crippen LogP contribution in [0.2, 0.25) is 0 Å². The van der Waals surface area contributed by atoms with Crippen molar-refractivity contribution in [2.45, 2.75) is 30.7 Å². The topological polar surface area (TPSA) is 231 Å². The van der Waals surface area contributed by atoms with Gasteiger partial charge in [-0.25, -0.2) is 0 Å². The van der Waals surface area contributed by atoms with Gasteiger partial charge in [-0.1, -0.05) is 0 Å². The van der Waals surface area contributed by atoms with Crippen molar-refractivity contribution in [3.05, 3.63) is 34.5 Å². The fourth-order valence-electron chi connectivity index (χ4n) is 3.54. The van der Waals surface area contributed by atoms with Crippen molar-refractivity contribution in [1.29, 1.82) is 0 Å². The monoisotopic (exact) mass is 480 g/mol. The number of rotatable bonds is 4. The molecule has 0 bridgehead atoms. The summed E-state index contributed by atoms with van der Waals surface area (Å²) >= 11 is 0. The minimum absolute atomic E-state index is 0.0860. The zero-order valence-corrected chi connectivity index (χ0v) is 17.1. The van der Waals surface area contributed by atoms with Crippen molar-refractivity contribution in [1.82, 2.24) is 0 Å². The lowest BCUT2D eigenvalue weighted by Gasteiger charge is -2.39. The second-order valence-electron chi connectivity index (χ2n) is 7.55. The molecule has 2 aromatic carbocycles. The fourth-order valence-corrected chi connectivity index (χ4v) is 3.54. The third-order valence-electron chi connectivity index (χ3n) is 5.41. The van der Waals surface area contributed by atoms with Gasteiger partial charge in [0, 0.05) is 5.56 Å². The Hall–Kier alpha value is -3.75. The molecule has 9 N–H and O–H groups in total. The standard InChI is InChI=1S/C21H20O13/c22-5-8-10(24)13(27)17(31)21(32-8)34-20-12(26)9-11(25)14(28)15(29)16(30)19(9)33-18(20)6-1-3-7(23)4-2-6/h1-4,8,10,13,17,21-25,27-31H,5H2/t8-,10-,13+,17-,21+/m1/s1. The highest BCUT2D eigenvalue weighted by molar-refractivity contribution is 5.95. The van der Waals surface area contributed by atoms with Crippen LogP contribution in [0.25, 0.3) is 22.3 Å². The van der Waals surface area contributed by atoms with Crippen molar-refractivity contribution in [3.8, 4) is 45.8 Å². The number of phenols is 5. The molecule has 0 unspecified atom stereocenters. The summed E-state index contributed by atoms with van der Waals surface area (Å²) in [5, 5.41) is 88.5. The molecule has 1 aromatic heterocycles. The van der Waals surface area contributed by atoms with Gasteiger partial charge in [0.1, 0.15) is 35.6 Å². The van der Waals surface area contributed by atoms with Gasteiger partial charge in [-0.05, 0) is 24.3 Å². The van der Waals surface area contributed by atoms with Crippen molar-refractivity contribution < 1.29 is 59.8 Å². The third kappa shape index (κ3) is 3.61. The summed E-state index contributed by atoms with van der Waals surface area (Å²) in [6.07, 6.45) is -8.64. The third-order valence-corrected chi connectivity index (χ3v) is 5.41. The minimum atomic E-state index is -1.91. The molecular formula is C21H20O13. The van der Waals surface area contributed by atoms with E-state index in [9.17, 15) is 50.8 Å². The number of hydrogen-bond acceptors (Lipinski definition) is 13. The van der Waals surface area contributed by atoms with Crippen LogP contribution in [-0.2, 0) is 4.74 Å². The number of fused-ring (bicyclic) bond motifs is 1. The molecule has 34 heavy (non-hydrogen) atoms. The van der Waals surface area contributed by atoms with Gasteiger partial charge in [0.2, 0.25) is 34.7 Å². The minimum Gasteiger partial charge on any atom is -0.508 e. The first-order valence-corrected chi connectivity index (χ1v) is 9.80. The maximum atomic E-state index is 13.3. The Kier molecular flexibility index (Phi) is 5.89. The highest BCUT2D eigenvalue weighted by atomic mass is 16.7. The first-order chi connectivity index (χ1) is 16.1. The summed E-state index contributed by atoms with van der Waals surface area (Å²) in [5.41, 5.74) is -1.82. The van der Waals surface area contributed by atoms with E-state index in [0.717, 1.165) is 0 Å². The molecule has 13 nitrogen and oxygen atoms in total. The highest BCUT2D eigenvalue weighted by Gasteiger charge is 2.45. The molecule has 0 aliphatic carbocycles. The summed E-state index contributed by atoms with van der Waals surface area (Å²) in [6.45, 7) is -0.774. The second-order valence-corrected chi connectivity index (χ2v) is 7.55. The summed E-state index contributed by atoms with van der Waals surface area (Å²) in [4.78, 5) is 13.3. The Bertz CT molecular complexity index is 1280. The second kappa shape index (κ2) is 8.55. The molecule has 3 aromatic rings. The maximum absolute atomic E-state index is 13.3. The molecule has 0 amide bonds. The van der Waals surface area contributed by atoms with Crippen LogP contribution in [0, 0.1) is 0 Å². The number of hydrogen-bond donors (Lipinski definition) is 9. The van der Waals surface area contributed by atoms with Crippen molar-refractivity contribution in [3.63, 3.8) is 0 Å². The molecule has 1 fully saturated rings. The average molecular weight is 480 g/mol. The molecule has 0 radical (unpaired) electrons. The molecule has 13 heteroatoms. The summed E-state index contributed by atoms with van der Waals surface area (Å²) in [7, 11) is 0. The number of aromatic hydroxyl groups is 5. The number of ether oxygens (including phenoxy) is 2. The summed E-state index contributed by atoms with van der Waals surface area (Å²) < 4.78 is 16.3. The predicted octanol–water partition coefficient (Wildman–Crippen LogP) is -0.833. The smallest absolute Gasteiger partial charge is 0.239 e. The quantitative estimate of drug-likeness (QED) is 0.164. The fraction of sp³-hybridized carbons (Fsp3) is 0.286. The zero-order valence-electron chi connectivity index (χ0n) is 17.1. The first kappa shape index (κ1) is 23.4. The molecule has 1 aliphatic heterocycles. The normalized spacial score (nSPS) is 24.9. The van der Waals surface area contributed by atoms with Crippen LogP contribution < -0.4 is 10.2 Å². The molecule has 1 aliphatic rings. The van der Waals surface area contributed by atoms with E-state index in [1.165, 1.54) is 24.3 Å². The van der Waals surface area contributed by atoms with Gasteiger partial charge in [0.15, 0.2) is 17.1 Å². The Morgan fingerprint density at radius 1 is 0.824 bits per heavy atom. The lowest BCUT2D eigenvalue weighted by Crippen LogP contribution is -2.60. The van der Waals surface area contributed by atoms with E-state index < -0.39 is 88.2 Å². The van der Waals surface area contributed by atoms with Crippen molar-refractivity contribution >= 4 is 11.0 Å². The van der Waals surface area contributed by atoms with Gasteiger partial charge in [0.25, 0.3) is 0 Å². The number of aliphatic hydroxyl groups is 4. The van der Waals surface area contributed by atoms with E-state index in [4.69, 9.17) is 13.9 Å². The molecule has 2 heterocycles. The van der Waals surface area contributed by atoms with Gasteiger partial charge in [-0.15, -0.1) is 0 Å². The number of benzene rings is 2. The lowest BCUT2D eigenvalue weighted by molar-refractivity contribution is -0.277. The Labute approximate surface area is 189 Å². The molecule has 0 saturated carbocycles. The van der Waals surface area contributed by atoms with E-state index in [2.05, 4.69) is 0 Å². The van der Waals surface area contributed by atoms with Crippen LogP contribution in [0.1, 0.15) is 0 Å². The molecule has 5 atom stereocenters. The molecular weight excluding hydrogens is 460 g/mol. The molecule has 0 spiro atoms. The summed E-state index contributed by atoms with van der Waals surface area (Å²) in [5.74, 6) is -5.89. The summed E-state index contributed by atoms with van der Waals surface area (Å²) in [6, 6.07) is 5.03. The van der Waals surface area contributed by atoms with Gasteiger partial charge in [0.05, 0.1) is 6.61 Å². The van der Waals surface area contributed by atoms with E-state index in [0.29, 0.717) is 0 Å². The van der Waals surface area contributed by atoms with Crippen LogP contribution in [0.15, 0.2) is 33.5 Å². The van der Waals surface area contributed by atoms with E-state index >= 15 is 0 Å². The Balaban J connectivity index is 1.96. The number of aliphatic hydroxyl groups excluding tert-OH is 4. The van der Waals surface area contributed by atoms with Crippen molar-refractivity contribution in [2.75, 3.05) is 6.61 Å². The largest absolute Gasteiger partial charge is 0.508 e. The molecule has 4 rings (SSSR count). The van der Waals surface area contributed by atoms with Crippen molar-refractivity contribution in [2.24, 2.45) is 0 Å². The Morgan fingerprint density at radius 2 is 1.44 bits per heavy atom. The van der Waals surface area contributed by atoms with Crippen LogP contribution in [0.5, 0.6) is 34.5 Å². The van der Waals surface area contributed by atoms with Crippen LogP contribution in [0.4, 0.5) is 0 Å². The predicted molar refractivity (Wildman–Crippen MR) is 111 cm³/mol. The molecule has 1 saturated heterocycles. The van der Waals surface area contributed by atoms with Crippen LogP contribution in [-0.4, -0.2) is 83.3 Å². The van der Waals surface area contributed by atoms with Crippen LogP contribution in [0.3, 0.4) is 0 Å². The lowest BCUT2D eigenvalue weighted by atomic mass is 9.99. The van der Waals surface area contributed by atoms with Gasteiger partial charge < -0.3 is 59.8 Å². The zero-order chi connectivity index (χ0) is 24.9. The van der Waals surface area contributed by atoms with E-state index in [-0.39, 0.29) is 11.3 Å². The van der Waals surface area contributed by atoms with E-state index in [1.807, 2.05) is 0 Å². The number of phenolic OH excluding ortho intramolecular Hbond substituents is 5. The van der Waals surface area contributed by atoms with Gasteiger partial charge >= 0.3 is 0 Å². The first-order valence-electron chi connectivity index (χ1n) is 9.80. The van der Waals surface area contributed by atoms with Gasteiger partial charge in [-0.2, -0.15) is 0 Å². The molecule has 182 valence electrons. The Morgan fingerprint density at radius 3 is 2.06 bits per heavy atom. The van der Waals surface area contributed by atoms with Crippen LogP contribution >= 0.6 is 0 Å². The SMILES string of the molecule is O=c1c(O[C@@H]2O[C@H](CO)[C@@H](O)[C@H](O)[C@H]2O)c(-c2ccc(O)cc2)oc2c(O)c(O)c(O)c(O)c12. The van der Waals surface area contributed by atoms with Gasteiger partial charge in [-0.3, -0.25) is 4.79 Å². The highest BCUT2D eigenvalue weighted by Crippen LogP contribution is 2.49. The maximum Gasteiger partial charge on any atom is 0.239 e.